The molecule has 38 heavy (non-hydrogen) atoms. The topological polar surface area (TPSA) is 76.5 Å². The van der Waals surface area contributed by atoms with Crippen molar-refractivity contribution in [3.63, 3.8) is 0 Å². The van der Waals surface area contributed by atoms with Crippen molar-refractivity contribution in [2.75, 3.05) is 26.2 Å². The average molecular weight is 515 g/mol. The van der Waals surface area contributed by atoms with Crippen LogP contribution < -0.4 is 10.1 Å². The van der Waals surface area contributed by atoms with Gasteiger partial charge in [0.05, 0.1) is 12.9 Å². The summed E-state index contributed by atoms with van der Waals surface area (Å²) in [4.78, 5) is 32.3. The second-order valence-electron chi connectivity index (χ2n) is 10.7. The van der Waals surface area contributed by atoms with E-state index in [1.165, 1.54) is 5.56 Å². The van der Waals surface area contributed by atoms with Crippen LogP contribution in [0.2, 0.25) is 0 Å². The number of rotatable bonds is 3. The van der Waals surface area contributed by atoms with E-state index in [0.717, 1.165) is 55.4 Å². The Morgan fingerprint density at radius 2 is 1.79 bits per heavy atom. The van der Waals surface area contributed by atoms with Crippen LogP contribution in [-0.2, 0) is 17.8 Å². The molecular formula is C31H38N4O3. The molecule has 2 amide bonds. The second-order valence-corrected chi connectivity index (χ2v) is 10.7. The monoisotopic (exact) mass is 514 g/mol. The molecule has 2 aliphatic heterocycles. The molecule has 1 fully saturated rings. The van der Waals surface area contributed by atoms with Gasteiger partial charge >= 0.3 is 0 Å². The fourth-order valence-electron chi connectivity index (χ4n) is 5.77. The maximum absolute atomic E-state index is 13.6. The number of aromatic nitrogens is 2. The van der Waals surface area contributed by atoms with Crippen molar-refractivity contribution in [3.05, 3.63) is 83.9 Å². The van der Waals surface area contributed by atoms with Gasteiger partial charge in [0.25, 0.3) is 5.91 Å². The van der Waals surface area contributed by atoms with Crippen LogP contribution in [0.15, 0.2) is 67.3 Å². The Balaban J connectivity index is 1.24. The number of amides is 2. The summed E-state index contributed by atoms with van der Waals surface area (Å²) in [5, 5.41) is 3.22. The quantitative estimate of drug-likeness (QED) is 0.542. The number of carbonyl (C=O) groups is 2. The molecule has 1 N–H and O–H groups in total. The minimum atomic E-state index is 0.0307. The van der Waals surface area contributed by atoms with Crippen molar-refractivity contribution < 1.29 is 14.3 Å². The number of para-hydroxylation sites is 1. The molecule has 2 aromatic carbocycles. The highest BCUT2D eigenvalue weighted by Crippen LogP contribution is 2.37. The number of aryl methyl sites for hydroxylation is 1. The lowest BCUT2D eigenvalue weighted by Crippen LogP contribution is -2.48. The number of nitrogens with one attached hydrogen (secondary N) is 1. The van der Waals surface area contributed by atoms with Crippen molar-refractivity contribution in [2.24, 2.45) is 5.41 Å². The van der Waals surface area contributed by atoms with Crippen molar-refractivity contribution in [3.8, 4) is 5.75 Å². The SMILES string of the molecule is O=C1CCCOc2ccccc2CCCCC2(CCN(C(=O)c3ccccc3Cn3ccnc3)CC2)CN1. The fourth-order valence-corrected chi connectivity index (χ4v) is 5.77. The van der Waals surface area contributed by atoms with E-state index in [1.54, 1.807) is 12.5 Å². The molecule has 3 aromatic rings. The van der Waals surface area contributed by atoms with Crippen LogP contribution >= 0.6 is 0 Å². The van der Waals surface area contributed by atoms with Crippen LogP contribution in [0, 0.1) is 5.41 Å². The first-order valence-corrected chi connectivity index (χ1v) is 13.9. The van der Waals surface area contributed by atoms with Gasteiger partial charge in [0.1, 0.15) is 5.75 Å². The Kier molecular flexibility index (Phi) is 8.41. The van der Waals surface area contributed by atoms with Crippen LogP contribution in [-0.4, -0.2) is 52.5 Å². The fraction of sp³-hybridized carbons (Fsp3) is 0.452. The molecular weight excluding hydrogens is 476 g/mol. The lowest BCUT2D eigenvalue weighted by molar-refractivity contribution is -0.122. The van der Waals surface area contributed by atoms with Crippen LogP contribution in [0.1, 0.15) is 66.4 Å². The number of ether oxygens (including phenoxy) is 1. The maximum Gasteiger partial charge on any atom is 0.254 e. The summed E-state index contributed by atoms with van der Waals surface area (Å²) in [6.45, 7) is 3.28. The van der Waals surface area contributed by atoms with Crippen molar-refractivity contribution in [1.29, 1.82) is 0 Å². The minimum Gasteiger partial charge on any atom is -0.493 e. The third kappa shape index (κ3) is 6.44. The van der Waals surface area contributed by atoms with E-state index in [4.69, 9.17) is 4.74 Å². The summed E-state index contributed by atoms with van der Waals surface area (Å²) < 4.78 is 7.96. The maximum atomic E-state index is 13.6. The number of fused-ring (bicyclic) bond motifs is 1. The molecule has 2 aliphatic rings. The Hall–Kier alpha value is -3.61. The molecule has 7 nitrogen and oxygen atoms in total. The highest BCUT2D eigenvalue weighted by Gasteiger charge is 2.36. The van der Waals surface area contributed by atoms with Gasteiger partial charge in [0, 0.05) is 50.6 Å². The Labute approximate surface area is 225 Å². The molecule has 5 rings (SSSR count). The number of piperidine rings is 1. The molecule has 1 saturated heterocycles. The number of hydrogen-bond acceptors (Lipinski definition) is 4. The highest BCUT2D eigenvalue weighted by atomic mass is 16.5. The number of benzene rings is 2. The van der Waals surface area contributed by atoms with E-state index in [0.29, 0.717) is 45.6 Å². The van der Waals surface area contributed by atoms with Gasteiger partial charge < -0.3 is 19.5 Å². The molecule has 0 radical (unpaired) electrons. The number of imidazole rings is 1. The van der Waals surface area contributed by atoms with E-state index in [2.05, 4.69) is 22.4 Å². The predicted octanol–water partition coefficient (Wildman–Crippen LogP) is 4.86. The summed E-state index contributed by atoms with van der Waals surface area (Å²) >= 11 is 0. The van der Waals surface area contributed by atoms with E-state index in [-0.39, 0.29) is 17.2 Å². The lowest BCUT2D eigenvalue weighted by Gasteiger charge is -2.42. The number of hydrogen-bond donors (Lipinski definition) is 1. The Bertz CT molecular complexity index is 1220. The van der Waals surface area contributed by atoms with E-state index in [1.807, 2.05) is 52.1 Å². The van der Waals surface area contributed by atoms with Gasteiger partial charge in [-0.15, -0.1) is 0 Å². The molecule has 0 saturated carbocycles. The van der Waals surface area contributed by atoms with Gasteiger partial charge in [-0.25, -0.2) is 4.98 Å². The van der Waals surface area contributed by atoms with Crippen molar-refractivity contribution >= 4 is 11.8 Å². The first-order valence-electron chi connectivity index (χ1n) is 13.9. The normalized spacial score (nSPS) is 18.6. The van der Waals surface area contributed by atoms with Gasteiger partial charge in [0.2, 0.25) is 5.91 Å². The number of likely N-dealkylation sites (tertiary alicyclic amines) is 1. The highest BCUT2D eigenvalue weighted by molar-refractivity contribution is 5.95. The van der Waals surface area contributed by atoms with Gasteiger partial charge in [-0.2, -0.15) is 0 Å². The van der Waals surface area contributed by atoms with Crippen LogP contribution in [0.5, 0.6) is 5.75 Å². The van der Waals surface area contributed by atoms with Gasteiger partial charge in [-0.05, 0) is 67.2 Å². The van der Waals surface area contributed by atoms with Gasteiger partial charge in [0.15, 0.2) is 0 Å². The molecule has 200 valence electrons. The van der Waals surface area contributed by atoms with Gasteiger partial charge in [-0.3, -0.25) is 9.59 Å². The first kappa shape index (κ1) is 26.0. The molecule has 1 aromatic heterocycles. The summed E-state index contributed by atoms with van der Waals surface area (Å²) in [7, 11) is 0. The largest absolute Gasteiger partial charge is 0.493 e. The number of carbonyl (C=O) groups excluding carboxylic acids is 2. The van der Waals surface area contributed by atoms with Crippen LogP contribution in [0.4, 0.5) is 0 Å². The van der Waals surface area contributed by atoms with E-state index >= 15 is 0 Å². The van der Waals surface area contributed by atoms with Crippen molar-refractivity contribution in [1.82, 2.24) is 19.8 Å². The molecule has 0 unspecified atom stereocenters. The summed E-state index contributed by atoms with van der Waals surface area (Å²) in [5.41, 5.74) is 3.04. The average Bonchev–Trinajstić information content (AvgIpc) is 3.46. The van der Waals surface area contributed by atoms with E-state index in [9.17, 15) is 9.59 Å². The van der Waals surface area contributed by atoms with Gasteiger partial charge in [-0.1, -0.05) is 42.8 Å². The smallest absolute Gasteiger partial charge is 0.254 e. The zero-order chi connectivity index (χ0) is 26.2. The zero-order valence-corrected chi connectivity index (χ0v) is 22.1. The summed E-state index contributed by atoms with van der Waals surface area (Å²) in [6, 6.07) is 16.1. The third-order valence-electron chi connectivity index (χ3n) is 8.11. The van der Waals surface area contributed by atoms with Crippen LogP contribution in [0.25, 0.3) is 0 Å². The van der Waals surface area contributed by atoms with Crippen LogP contribution in [0.3, 0.4) is 0 Å². The summed E-state index contributed by atoms with van der Waals surface area (Å²) in [6.07, 6.45) is 12.7. The minimum absolute atomic E-state index is 0.0307. The molecule has 3 heterocycles. The number of nitrogens with zero attached hydrogens (tertiary/aromatic N) is 3. The third-order valence-corrected chi connectivity index (χ3v) is 8.11. The first-order chi connectivity index (χ1) is 18.6. The molecule has 1 spiro atoms. The lowest BCUT2D eigenvalue weighted by atomic mass is 9.74. The van der Waals surface area contributed by atoms with E-state index < -0.39 is 0 Å². The molecule has 0 atom stereocenters. The Morgan fingerprint density at radius 1 is 0.974 bits per heavy atom. The predicted molar refractivity (Wildman–Crippen MR) is 147 cm³/mol. The molecule has 7 heteroatoms. The summed E-state index contributed by atoms with van der Waals surface area (Å²) in [5.74, 6) is 1.13. The van der Waals surface area contributed by atoms with Crippen molar-refractivity contribution in [2.45, 2.75) is 57.9 Å². The second kappa shape index (κ2) is 12.3. The standard InChI is InChI=1S/C31H38N4O3/c36-29-13-7-21-38-28-12-4-2-8-25(28)9-5-6-14-31(23-33-29)15-18-35(19-16-31)30(37)27-11-3-1-10-26(27)22-34-20-17-32-24-34/h1-4,8,10-12,17,20,24H,5-7,9,13-16,18-19,21-23H2,(H,33,36). The molecule has 0 bridgehead atoms. The molecule has 0 aliphatic carbocycles. The Morgan fingerprint density at radius 3 is 2.63 bits per heavy atom. The zero-order valence-electron chi connectivity index (χ0n) is 22.1.